The molecule has 0 spiro atoms. The Hall–Kier alpha value is -1.41. The Morgan fingerprint density at radius 3 is 2.50 bits per heavy atom. The summed E-state index contributed by atoms with van der Waals surface area (Å²) in [4.78, 5) is 0. The van der Waals surface area contributed by atoms with E-state index >= 15 is 0 Å². The minimum atomic E-state index is -0.166. The maximum Gasteiger partial charge on any atom is 0.131 e. The van der Waals surface area contributed by atoms with Gasteiger partial charge in [0.15, 0.2) is 0 Å². The molecular weight excluding hydrogens is 177 g/mol. The zero-order chi connectivity index (χ0) is 9.97. The number of benzene rings is 2. The molecule has 0 amide bonds. The summed E-state index contributed by atoms with van der Waals surface area (Å²) in [5, 5.41) is 5.69. The zero-order valence-corrected chi connectivity index (χ0v) is 8.00. The molecule has 0 aliphatic rings. The number of fused-ring (bicyclic) bond motifs is 1. The molecule has 0 N–H and O–H groups in total. The Balaban J connectivity index is 2.68. The largest absolute Gasteiger partial charge is 0.240 e. The van der Waals surface area contributed by atoms with Crippen LogP contribution in [0.4, 0.5) is 4.39 Å². The van der Waals surface area contributed by atoms with Crippen molar-refractivity contribution in [2.45, 2.75) is 6.54 Å². The predicted molar refractivity (Wildman–Crippen MR) is 55.7 cm³/mol. The zero-order valence-electron chi connectivity index (χ0n) is 8.00. The first kappa shape index (κ1) is 9.16. The van der Waals surface area contributed by atoms with Gasteiger partial charge in [0, 0.05) is 19.0 Å². The minimum Gasteiger partial charge on any atom is -0.240 e. The van der Waals surface area contributed by atoms with Crippen LogP contribution in [0.1, 0.15) is 5.56 Å². The summed E-state index contributed by atoms with van der Waals surface area (Å²) in [5.74, 6) is -0.166. The summed E-state index contributed by atoms with van der Waals surface area (Å²) >= 11 is 0. The highest BCUT2D eigenvalue weighted by atomic mass is 19.1. The van der Waals surface area contributed by atoms with Gasteiger partial charge < -0.3 is 0 Å². The van der Waals surface area contributed by atoms with Crippen molar-refractivity contribution in [3.05, 3.63) is 47.8 Å². The van der Waals surface area contributed by atoms with Gasteiger partial charge in [0.2, 0.25) is 0 Å². The molecule has 2 aromatic carbocycles. The molecule has 0 saturated carbocycles. The Bertz CT molecular complexity index is 451. The Morgan fingerprint density at radius 2 is 1.79 bits per heavy atom. The van der Waals surface area contributed by atoms with Crippen molar-refractivity contribution in [1.29, 1.82) is 0 Å². The molecule has 0 aliphatic heterocycles. The molecule has 2 heteroatoms. The fourth-order valence-corrected chi connectivity index (χ4v) is 1.63. The molecule has 0 bridgehead atoms. The van der Waals surface area contributed by atoms with E-state index in [0.29, 0.717) is 11.9 Å². The van der Waals surface area contributed by atoms with Crippen LogP contribution in [-0.4, -0.2) is 7.05 Å². The Kier molecular flexibility index (Phi) is 2.46. The van der Waals surface area contributed by atoms with E-state index in [1.54, 1.807) is 19.2 Å². The van der Waals surface area contributed by atoms with Crippen molar-refractivity contribution in [3.63, 3.8) is 0 Å². The second kappa shape index (κ2) is 3.76. The average molecular weight is 188 g/mol. The first-order valence-corrected chi connectivity index (χ1v) is 4.54. The van der Waals surface area contributed by atoms with Gasteiger partial charge in [-0.3, -0.25) is 0 Å². The molecule has 1 nitrogen and oxygen atoms in total. The van der Waals surface area contributed by atoms with Crippen molar-refractivity contribution in [1.82, 2.24) is 5.32 Å². The van der Waals surface area contributed by atoms with Crippen molar-refractivity contribution in [2.24, 2.45) is 0 Å². The van der Waals surface area contributed by atoms with Gasteiger partial charge in [0.05, 0.1) is 0 Å². The standard InChI is InChI=1S/C12H11FN/c1-14-8-9-6-7-12(13)11-5-3-2-4-10(9)11/h2-7H,8H2,1H3. The van der Waals surface area contributed by atoms with Crippen LogP contribution in [0.25, 0.3) is 10.8 Å². The van der Waals surface area contributed by atoms with E-state index < -0.39 is 0 Å². The second-order valence-corrected chi connectivity index (χ2v) is 3.23. The number of rotatable bonds is 2. The normalized spacial score (nSPS) is 10.7. The highest BCUT2D eigenvalue weighted by Crippen LogP contribution is 2.21. The van der Waals surface area contributed by atoms with E-state index in [1.807, 2.05) is 18.2 Å². The molecule has 0 unspecified atom stereocenters. The monoisotopic (exact) mass is 188 g/mol. The van der Waals surface area contributed by atoms with Crippen LogP contribution in [0.15, 0.2) is 36.4 Å². The van der Waals surface area contributed by atoms with Crippen molar-refractivity contribution in [2.75, 3.05) is 7.05 Å². The number of hydrogen-bond acceptors (Lipinski definition) is 0. The van der Waals surface area contributed by atoms with Gasteiger partial charge in [-0.1, -0.05) is 30.3 Å². The highest BCUT2D eigenvalue weighted by Gasteiger charge is 2.03. The van der Waals surface area contributed by atoms with Crippen LogP contribution in [0.5, 0.6) is 0 Å². The molecule has 1 radical (unpaired) electrons. The number of hydrogen-bond donors (Lipinski definition) is 0. The van der Waals surface area contributed by atoms with Gasteiger partial charge in [-0.05, 0) is 17.0 Å². The van der Waals surface area contributed by atoms with Gasteiger partial charge in [0.25, 0.3) is 0 Å². The van der Waals surface area contributed by atoms with Crippen LogP contribution < -0.4 is 5.32 Å². The van der Waals surface area contributed by atoms with E-state index in [-0.39, 0.29) is 5.82 Å². The third kappa shape index (κ3) is 1.49. The van der Waals surface area contributed by atoms with E-state index in [9.17, 15) is 4.39 Å². The molecule has 14 heavy (non-hydrogen) atoms. The quantitative estimate of drug-likeness (QED) is 0.688. The van der Waals surface area contributed by atoms with E-state index in [2.05, 4.69) is 5.32 Å². The van der Waals surface area contributed by atoms with Crippen LogP contribution in [0.3, 0.4) is 0 Å². The van der Waals surface area contributed by atoms with Crippen LogP contribution in [0, 0.1) is 5.82 Å². The molecule has 71 valence electrons. The minimum absolute atomic E-state index is 0.166. The smallest absolute Gasteiger partial charge is 0.131 e. The van der Waals surface area contributed by atoms with Gasteiger partial charge >= 0.3 is 0 Å². The van der Waals surface area contributed by atoms with E-state index in [0.717, 1.165) is 10.9 Å². The van der Waals surface area contributed by atoms with Crippen LogP contribution >= 0.6 is 0 Å². The maximum absolute atomic E-state index is 13.4. The predicted octanol–water partition coefficient (Wildman–Crippen LogP) is 2.71. The van der Waals surface area contributed by atoms with E-state index in [1.165, 1.54) is 6.07 Å². The number of nitrogens with zero attached hydrogens (tertiary/aromatic N) is 1. The van der Waals surface area contributed by atoms with Gasteiger partial charge in [0.1, 0.15) is 5.82 Å². The first-order chi connectivity index (χ1) is 6.83. The first-order valence-electron chi connectivity index (χ1n) is 4.54. The van der Waals surface area contributed by atoms with Crippen LogP contribution in [0.2, 0.25) is 0 Å². The third-order valence-corrected chi connectivity index (χ3v) is 2.29. The maximum atomic E-state index is 13.4. The lowest BCUT2D eigenvalue weighted by Gasteiger charge is -2.05. The van der Waals surface area contributed by atoms with Gasteiger partial charge in [-0.15, -0.1) is 0 Å². The fraction of sp³-hybridized carbons (Fsp3) is 0.167. The van der Waals surface area contributed by atoms with Gasteiger partial charge in [-0.25, -0.2) is 9.71 Å². The second-order valence-electron chi connectivity index (χ2n) is 3.23. The van der Waals surface area contributed by atoms with Crippen LogP contribution in [-0.2, 0) is 6.54 Å². The van der Waals surface area contributed by atoms with Gasteiger partial charge in [-0.2, -0.15) is 0 Å². The molecule has 0 atom stereocenters. The lowest BCUT2D eigenvalue weighted by Crippen LogP contribution is -1.98. The van der Waals surface area contributed by atoms with E-state index in [4.69, 9.17) is 0 Å². The summed E-state index contributed by atoms with van der Waals surface area (Å²) in [6.07, 6.45) is 0. The summed E-state index contributed by atoms with van der Waals surface area (Å²) < 4.78 is 13.4. The summed E-state index contributed by atoms with van der Waals surface area (Å²) in [6.45, 7) is 0.640. The van der Waals surface area contributed by atoms with Crippen molar-refractivity contribution < 1.29 is 4.39 Å². The highest BCUT2D eigenvalue weighted by molar-refractivity contribution is 5.86. The molecule has 0 heterocycles. The lowest BCUT2D eigenvalue weighted by atomic mass is 10.0. The molecule has 0 aliphatic carbocycles. The molecule has 0 aromatic heterocycles. The van der Waals surface area contributed by atoms with Crippen molar-refractivity contribution in [3.8, 4) is 0 Å². The third-order valence-electron chi connectivity index (χ3n) is 2.29. The molecule has 0 saturated heterocycles. The number of halogens is 1. The Morgan fingerprint density at radius 1 is 1.07 bits per heavy atom. The summed E-state index contributed by atoms with van der Waals surface area (Å²) in [6, 6.07) is 10.8. The van der Waals surface area contributed by atoms with Crippen molar-refractivity contribution >= 4 is 10.8 Å². The average Bonchev–Trinajstić information content (AvgIpc) is 2.23. The molecular formula is C12H11FN. The summed E-state index contributed by atoms with van der Waals surface area (Å²) in [7, 11) is 1.76. The topological polar surface area (TPSA) is 14.1 Å². The Labute approximate surface area is 82.6 Å². The molecule has 0 fully saturated rings. The lowest BCUT2D eigenvalue weighted by molar-refractivity contribution is 0.639. The fourth-order valence-electron chi connectivity index (χ4n) is 1.63. The summed E-state index contributed by atoms with van der Waals surface area (Å²) in [5.41, 5.74) is 1.07. The molecule has 2 aromatic rings. The SMILES string of the molecule is C[N]Cc1ccc(F)c2ccccc12. The molecule has 2 rings (SSSR count).